The highest BCUT2D eigenvalue weighted by Gasteiger charge is 2.23. The molecule has 11 heteroatoms. The van der Waals surface area contributed by atoms with Gasteiger partial charge in [0.1, 0.15) is 15.3 Å². The molecule has 29 heavy (non-hydrogen) atoms. The van der Waals surface area contributed by atoms with Crippen LogP contribution in [-0.2, 0) is 14.8 Å². The Morgan fingerprint density at radius 1 is 1.28 bits per heavy atom. The fourth-order valence-electron chi connectivity index (χ4n) is 2.30. The molecule has 8 nitrogen and oxygen atoms in total. The Hall–Kier alpha value is -2.39. The van der Waals surface area contributed by atoms with Gasteiger partial charge in [-0.25, -0.2) is 17.5 Å². The summed E-state index contributed by atoms with van der Waals surface area (Å²) in [5.74, 6) is -1.01. The number of nitriles is 1. The van der Waals surface area contributed by atoms with Gasteiger partial charge >= 0.3 is 5.97 Å². The van der Waals surface area contributed by atoms with E-state index in [1.54, 1.807) is 13.8 Å². The first kappa shape index (κ1) is 22.9. The SMILES string of the molecule is CCOC(=O)c1sc(NC(=O)c2ccc(S(=O)(=O)N(C)C)cc2)c(SC#N)c1C. The number of benzene rings is 1. The molecule has 0 aliphatic rings. The maximum atomic E-state index is 12.6. The van der Waals surface area contributed by atoms with Crippen molar-refractivity contribution in [3.05, 3.63) is 40.3 Å². The number of esters is 1. The number of ether oxygens (including phenoxy) is 1. The van der Waals surface area contributed by atoms with Gasteiger partial charge in [0, 0.05) is 19.7 Å². The van der Waals surface area contributed by atoms with E-state index in [0.29, 0.717) is 20.3 Å². The Balaban J connectivity index is 2.32. The highest BCUT2D eigenvalue weighted by molar-refractivity contribution is 8.04. The van der Waals surface area contributed by atoms with Crippen molar-refractivity contribution >= 4 is 50.0 Å². The highest BCUT2D eigenvalue weighted by atomic mass is 32.2. The number of sulfonamides is 1. The molecule has 0 aliphatic carbocycles. The van der Waals surface area contributed by atoms with Gasteiger partial charge in [-0.1, -0.05) is 0 Å². The van der Waals surface area contributed by atoms with Crippen LogP contribution in [0.2, 0.25) is 0 Å². The molecule has 1 aromatic carbocycles. The first-order valence-electron chi connectivity index (χ1n) is 8.33. The fraction of sp³-hybridized carbons (Fsp3) is 0.278. The summed E-state index contributed by atoms with van der Waals surface area (Å²) >= 11 is 1.87. The van der Waals surface area contributed by atoms with E-state index in [1.807, 2.05) is 5.40 Å². The molecule has 0 atom stereocenters. The van der Waals surface area contributed by atoms with Gasteiger partial charge in [0.15, 0.2) is 0 Å². The summed E-state index contributed by atoms with van der Waals surface area (Å²) in [5.41, 5.74) is 0.794. The van der Waals surface area contributed by atoms with Gasteiger partial charge in [0.05, 0.1) is 16.4 Å². The van der Waals surface area contributed by atoms with Crippen molar-refractivity contribution in [1.29, 1.82) is 5.26 Å². The molecule has 0 spiro atoms. The zero-order valence-electron chi connectivity index (χ0n) is 16.2. The second-order valence-electron chi connectivity index (χ2n) is 5.89. The molecule has 0 saturated heterocycles. The van der Waals surface area contributed by atoms with Gasteiger partial charge in [-0.3, -0.25) is 4.79 Å². The van der Waals surface area contributed by atoms with Gasteiger partial charge in [-0.15, -0.1) is 11.3 Å². The molecule has 1 heterocycles. The molecular weight excluding hydrogens is 434 g/mol. The summed E-state index contributed by atoms with van der Waals surface area (Å²) < 4.78 is 30.4. The van der Waals surface area contributed by atoms with Crippen molar-refractivity contribution in [3.63, 3.8) is 0 Å². The fourth-order valence-corrected chi connectivity index (χ4v) is 5.00. The molecule has 154 valence electrons. The van der Waals surface area contributed by atoms with Crippen LogP contribution in [0.1, 0.15) is 32.5 Å². The normalized spacial score (nSPS) is 11.2. The lowest BCUT2D eigenvalue weighted by atomic mass is 10.2. The number of rotatable bonds is 7. The molecule has 1 aromatic heterocycles. The summed E-state index contributed by atoms with van der Waals surface area (Å²) in [6, 6.07) is 5.49. The number of hydrogen-bond donors (Lipinski definition) is 1. The molecule has 1 amide bonds. The van der Waals surface area contributed by atoms with Crippen LogP contribution in [0.4, 0.5) is 5.00 Å². The lowest BCUT2D eigenvalue weighted by molar-refractivity contribution is 0.0531. The van der Waals surface area contributed by atoms with Crippen LogP contribution in [-0.4, -0.2) is 45.3 Å². The number of thioether (sulfide) groups is 1. The minimum atomic E-state index is -3.60. The van der Waals surface area contributed by atoms with Crippen LogP contribution in [0.25, 0.3) is 0 Å². The first-order valence-corrected chi connectivity index (χ1v) is 11.4. The number of hydrogen-bond acceptors (Lipinski definition) is 8. The predicted molar refractivity (Wildman–Crippen MR) is 112 cm³/mol. The molecule has 0 bridgehead atoms. The number of amides is 1. The van der Waals surface area contributed by atoms with Gasteiger partial charge in [-0.2, -0.15) is 5.26 Å². The quantitative estimate of drug-likeness (QED) is 0.388. The van der Waals surface area contributed by atoms with Crippen molar-refractivity contribution < 1.29 is 22.7 Å². The third-order valence-electron chi connectivity index (χ3n) is 3.82. The third kappa shape index (κ3) is 4.97. The van der Waals surface area contributed by atoms with Crippen molar-refractivity contribution in [3.8, 4) is 5.40 Å². The van der Waals surface area contributed by atoms with Gasteiger partial charge in [0.25, 0.3) is 5.91 Å². The molecule has 0 aliphatic heterocycles. The Labute approximate surface area is 177 Å². The lowest BCUT2D eigenvalue weighted by Gasteiger charge is -2.11. The Morgan fingerprint density at radius 2 is 1.90 bits per heavy atom. The van der Waals surface area contributed by atoms with E-state index in [1.165, 1.54) is 38.4 Å². The van der Waals surface area contributed by atoms with Gasteiger partial charge in [-0.05, 0) is 55.4 Å². The van der Waals surface area contributed by atoms with Crippen LogP contribution in [0, 0.1) is 17.6 Å². The van der Waals surface area contributed by atoms with Crippen molar-refractivity contribution in [2.45, 2.75) is 23.6 Å². The Bertz CT molecular complexity index is 1070. The lowest BCUT2D eigenvalue weighted by Crippen LogP contribution is -2.22. The topological polar surface area (TPSA) is 117 Å². The number of carbonyl (C=O) groups is 2. The van der Waals surface area contributed by atoms with Crippen LogP contribution in [0.3, 0.4) is 0 Å². The standard InChI is InChI=1S/C18H19N3O5S3/c1-5-26-18(23)15-11(2)14(27-10-19)17(28-15)20-16(22)12-6-8-13(9-7-12)29(24,25)21(3)4/h6-9H,5H2,1-4H3,(H,20,22). The predicted octanol–water partition coefficient (Wildman–Crippen LogP) is 3.31. The van der Waals surface area contributed by atoms with Gasteiger partial charge < -0.3 is 10.1 Å². The van der Waals surface area contributed by atoms with E-state index in [9.17, 15) is 18.0 Å². The van der Waals surface area contributed by atoms with E-state index < -0.39 is 21.9 Å². The summed E-state index contributed by atoms with van der Waals surface area (Å²) in [4.78, 5) is 25.6. The third-order valence-corrected chi connectivity index (χ3v) is 7.77. The number of nitrogens with zero attached hydrogens (tertiary/aromatic N) is 2. The molecule has 1 N–H and O–H groups in total. The summed E-state index contributed by atoms with van der Waals surface area (Å²) in [5, 5.41) is 14.0. The molecule has 0 fully saturated rings. The first-order chi connectivity index (χ1) is 13.6. The minimum absolute atomic E-state index is 0.0661. The van der Waals surface area contributed by atoms with Crippen LogP contribution >= 0.6 is 23.1 Å². The molecule has 2 aromatic rings. The van der Waals surface area contributed by atoms with E-state index in [0.717, 1.165) is 27.4 Å². The molecular formula is C18H19N3O5S3. The molecule has 0 radical (unpaired) electrons. The summed E-state index contributed by atoms with van der Waals surface area (Å²) in [6.45, 7) is 3.58. The zero-order valence-corrected chi connectivity index (χ0v) is 18.6. The summed E-state index contributed by atoms with van der Waals surface area (Å²) in [7, 11) is -0.754. The van der Waals surface area contributed by atoms with E-state index in [-0.39, 0.29) is 17.1 Å². The second-order valence-corrected chi connectivity index (χ2v) is 9.86. The minimum Gasteiger partial charge on any atom is -0.462 e. The maximum absolute atomic E-state index is 12.6. The van der Waals surface area contributed by atoms with E-state index in [2.05, 4.69) is 5.32 Å². The smallest absolute Gasteiger partial charge is 0.348 e. The molecule has 0 saturated carbocycles. The number of thiophene rings is 1. The van der Waals surface area contributed by atoms with Crippen LogP contribution in [0.15, 0.2) is 34.1 Å². The van der Waals surface area contributed by atoms with Crippen molar-refractivity contribution in [1.82, 2.24) is 4.31 Å². The van der Waals surface area contributed by atoms with E-state index in [4.69, 9.17) is 10.00 Å². The number of nitrogens with one attached hydrogen (secondary N) is 1. The summed E-state index contributed by atoms with van der Waals surface area (Å²) in [6.07, 6.45) is 0. The Morgan fingerprint density at radius 3 is 2.41 bits per heavy atom. The Kier molecular flexibility index (Phi) is 7.43. The monoisotopic (exact) mass is 453 g/mol. The van der Waals surface area contributed by atoms with E-state index >= 15 is 0 Å². The van der Waals surface area contributed by atoms with Crippen molar-refractivity contribution in [2.24, 2.45) is 0 Å². The molecule has 0 unspecified atom stereocenters. The zero-order chi connectivity index (χ0) is 21.8. The maximum Gasteiger partial charge on any atom is 0.348 e. The average molecular weight is 454 g/mol. The number of thiocyanates is 1. The second kappa shape index (κ2) is 9.41. The number of anilines is 1. The highest BCUT2D eigenvalue weighted by Crippen LogP contribution is 2.40. The number of carbonyl (C=O) groups excluding carboxylic acids is 2. The van der Waals surface area contributed by atoms with Crippen LogP contribution in [0.5, 0.6) is 0 Å². The molecule has 2 rings (SSSR count). The van der Waals surface area contributed by atoms with Crippen molar-refractivity contribution in [2.75, 3.05) is 26.0 Å². The average Bonchev–Trinajstić information content (AvgIpc) is 2.98. The van der Waals surface area contributed by atoms with Gasteiger partial charge in [0.2, 0.25) is 10.0 Å². The largest absolute Gasteiger partial charge is 0.462 e. The van der Waals surface area contributed by atoms with Crippen LogP contribution < -0.4 is 5.32 Å².